The van der Waals surface area contributed by atoms with Crippen molar-refractivity contribution in [3.63, 3.8) is 0 Å². The van der Waals surface area contributed by atoms with Gasteiger partial charge in [0.1, 0.15) is 5.54 Å². The van der Waals surface area contributed by atoms with Gasteiger partial charge in [0.2, 0.25) is 0 Å². The number of likely N-dealkylation sites (tertiary alicyclic amines) is 1. The molecule has 1 aliphatic rings. The van der Waals surface area contributed by atoms with Gasteiger partial charge in [0.05, 0.1) is 0 Å². The predicted molar refractivity (Wildman–Crippen MR) is 64.6 cm³/mol. The maximum atomic E-state index is 11.2. The van der Waals surface area contributed by atoms with Gasteiger partial charge in [-0.15, -0.1) is 0 Å². The van der Waals surface area contributed by atoms with Gasteiger partial charge in [0.25, 0.3) is 0 Å². The largest absolute Gasteiger partial charge is 0.480 e. The lowest BCUT2D eigenvalue weighted by molar-refractivity contribution is -0.144. The van der Waals surface area contributed by atoms with E-state index < -0.39 is 11.5 Å². The molecule has 0 bridgehead atoms. The van der Waals surface area contributed by atoms with Crippen LogP contribution in [0.15, 0.2) is 0 Å². The normalized spacial score (nSPS) is 25.6. The minimum atomic E-state index is -0.781. The third kappa shape index (κ3) is 3.19. The molecule has 4 nitrogen and oxygen atoms in total. The van der Waals surface area contributed by atoms with E-state index in [9.17, 15) is 9.90 Å². The molecule has 0 aromatic carbocycles. The molecule has 0 aromatic heterocycles. The molecule has 0 radical (unpaired) electrons. The Bertz CT molecular complexity index is 245. The summed E-state index contributed by atoms with van der Waals surface area (Å²) in [6, 6.07) is 0.611. The van der Waals surface area contributed by atoms with Crippen molar-refractivity contribution in [1.29, 1.82) is 0 Å². The Morgan fingerprint density at radius 2 is 2.31 bits per heavy atom. The number of nitrogens with zero attached hydrogens (tertiary/aromatic N) is 1. The molecule has 2 atom stereocenters. The molecule has 1 rings (SSSR count). The number of carboxylic acids is 1. The average Bonchev–Trinajstić information content (AvgIpc) is 2.61. The van der Waals surface area contributed by atoms with Gasteiger partial charge >= 0.3 is 5.97 Å². The summed E-state index contributed by atoms with van der Waals surface area (Å²) in [5, 5.41) is 12.3. The number of hydrogen-bond donors (Lipinski definition) is 2. The van der Waals surface area contributed by atoms with E-state index in [-0.39, 0.29) is 0 Å². The summed E-state index contributed by atoms with van der Waals surface area (Å²) in [6.45, 7) is 8.62. The molecule has 2 N–H and O–H groups in total. The summed E-state index contributed by atoms with van der Waals surface area (Å²) < 4.78 is 0. The summed E-state index contributed by atoms with van der Waals surface area (Å²) in [6.07, 6.45) is 3.15. The molecule has 0 aliphatic carbocycles. The van der Waals surface area contributed by atoms with Crippen LogP contribution in [0.2, 0.25) is 0 Å². The third-order valence-corrected chi connectivity index (χ3v) is 3.63. The van der Waals surface area contributed by atoms with Crippen LogP contribution in [-0.2, 0) is 4.79 Å². The third-order valence-electron chi connectivity index (χ3n) is 3.63. The lowest BCUT2D eigenvalue weighted by Crippen LogP contribution is -2.51. The van der Waals surface area contributed by atoms with Crippen LogP contribution in [-0.4, -0.2) is 47.2 Å². The lowest BCUT2D eigenvalue weighted by Gasteiger charge is -2.29. The van der Waals surface area contributed by atoms with Crippen molar-refractivity contribution in [2.75, 3.05) is 19.6 Å². The fourth-order valence-corrected chi connectivity index (χ4v) is 2.35. The van der Waals surface area contributed by atoms with Gasteiger partial charge in [0, 0.05) is 12.6 Å². The van der Waals surface area contributed by atoms with Gasteiger partial charge in [-0.05, 0) is 46.2 Å². The zero-order chi connectivity index (χ0) is 12.2. The molecule has 0 amide bonds. The Morgan fingerprint density at radius 1 is 1.62 bits per heavy atom. The van der Waals surface area contributed by atoms with E-state index in [0.717, 1.165) is 13.1 Å². The summed E-state index contributed by atoms with van der Waals surface area (Å²) in [5.41, 5.74) is -0.781. The van der Waals surface area contributed by atoms with Crippen molar-refractivity contribution in [3.8, 4) is 0 Å². The Balaban J connectivity index is 2.46. The number of aliphatic carboxylic acids is 1. The highest BCUT2D eigenvalue weighted by Crippen LogP contribution is 2.19. The average molecular weight is 228 g/mol. The molecule has 0 saturated carbocycles. The van der Waals surface area contributed by atoms with E-state index in [1.807, 2.05) is 6.92 Å². The first-order valence-electron chi connectivity index (χ1n) is 6.22. The van der Waals surface area contributed by atoms with Gasteiger partial charge in [0.15, 0.2) is 0 Å². The van der Waals surface area contributed by atoms with Crippen LogP contribution in [0.1, 0.15) is 40.0 Å². The Hall–Kier alpha value is -0.610. The fraction of sp³-hybridized carbons (Fsp3) is 0.917. The second-order valence-electron chi connectivity index (χ2n) is 4.94. The minimum absolute atomic E-state index is 0.611. The number of nitrogens with one attached hydrogen (secondary N) is 1. The van der Waals surface area contributed by atoms with Gasteiger partial charge in [-0.25, -0.2) is 0 Å². The van der Waals surface area contributed by atoms with Crippen molar-refractivity contribution < 1.29 is 9.90 Å². The standard InChI is InChI=1S/C12H24N2O2/c1-4-13-12(3,11(15)16)7-9-14-8-5-6-10(14)2/h10,13H,4-9H2,1-3H3,(H,15,16). The van der Waals surface area contributed by atoms with Crippen molar-refractivity contribution in [2.45, 2.75) is 51.6 Å². The Kier molecular flexibility index (Phi) is 4.74. The zero-order valence-corrected chi connectivity index (χ0v) is 10.6. The van der Waals surface area contributed by atoms with E-state index >= 15 is 0 Å². The van der Waals surface area contributed by atoms with Crippen molar-refractivity contribution >= 4 is 5.97 Å². The maximum absolute atomic E-state index is 11.2. The van der Waals surface area contributed by atoms with Gasteiger partial charge in [-0.3, -0.25) is 4.79 Å². The van der Waals surface area contributed by atoms with Crippen LogP contribution in [0.4, 0.5) is 0 Å². The first kappa shape index (κ1) is 13.5. The fourth-order valence-electron chi connectivity index (χ4n) is 2.35. The second kappa shape index (κ2) is 5.64. The van der Waals surface area contributed by atoms with E-state index in [0.29, 0.717) is 19.0 Å². The molecular weight excluding hydrogens is 204 g/mol. The molecule has 1 heterocycles. The quantitative estimate of drug-likeness (QED) is 0.720. The van der Waals surface area contributed by atoms with Crippen LogP contribution >= 0.6 is 0 Å². The summed E-state index contributed by atoms with van der Waals surface area (Å²) >= 11 is 0. The Labute approximate surface area is 98.0 Å². The first-order valence-corrected chi connectivity index (χ1v) is 6.22. The molecule has 1 saturated heterocycles. The van der Waals surface area contributed by atoms with E-state index in [2.05, 4.69) is 17.1 Å². The molecule has 2 unspecified atom stereocenters. The molecule has 0 spiro atoms. The smallest absolute Gasteiger partial charge is 0.323 e. The zero-order valence-electron chi connectivity index (χ0n) is 10.6. The summed E-state index contributed by atoms with van der Waals surface area (Å²) in [5.74, 6) is -0.749. The maximum Gasteiger partial charge on any atom is 0.323 e. The molecule has 1 fully saturated rings. The molecule has 94 valence electrons. The van der Waals surface area contributed by atoms with E-state index in [1.54, 1.807) is 6.92 Å². The van der Waals surface area contributed by atoms with Crippen LogP contribution in [0.3, 0.4) is 0 Å². The SMILES string of the molecule is CCNC(C)(CCN1CCCC1C)C(=O)O. The van der Waals surface area contributed by atoms with Crippen LogP contribution < -0.4 is 5.32 Å². The predicted octanol–water partition coefficient (Wildman–Crippen LogP) is 1.31. The highest BCUT2D eigenvalue weighted by Gasteiger charge is 2.33. The monoisotopic (exact) mass is 228 g/mol. The van der Waals surface area contributed by atoms with E-state index in [1.165, 1.54) is 12.8 Å². The van der Waals surface area contributed by atoms with Crippen LogP contribution in [0, 0.1) is 0 Å². The first-order chi connectivity index (χ1) is 7.49. The molecule has 4 heteroatoms. The highest BCUT2D eigenvalue weighted by atomic mass is 16.4. The Morgan fingerprint density at radius 3 is 2.75 bits per heavy atom. The van der Waals surface area contributed by atoms with Gasteiger partial charge in [-0.1, -0.05) is 6.92 Å². The van der Waals surface area contributed by atoms with Gasteiger partial charge < -0.3 is 15.3 Å². The van der Waals surface area contributed by atoms with Crippen LogP contribution in [0.5, 0.6) is 0 Å². The van der Waals surface area contributed by atoms with Gasteiger partial charge in [-0.2, -0.15) is 0 Å². The molecular formula is C12H24N2O2. The number of carboxylic acid groups (broad SMARTS) is 1. The number of carbonyl (C=O) groups is 1. The number of likely N-dealkylation sites (N-methyl/N-ethyl adjacent to an activating group) is 1. The van der Waals surface area contributed by atoms with E-state index in [4.69, 9.17) is 0 Å². The van der Waals surface area contributed by atoms with Crippen molar-refractivity contribution in [3.05, 3.63) is 0 Å². The number of hydrogen-bond acceptors (Lipinski definition) is 3. The highest BCUT2D eigenvalue weighted by molar-refractivity contribution is 5.78. The minimum Gasteiger partial charge on any atom is -0.480 e. The second-order valence-corrected chi connectivity index (χ2v) is 4.94. The molecule has 16 heavy (non-hydrogen) atoms. The summed E-state index contributed by atoms with van der Waals surface area (Å²) in [4.78, 5) is 13.6. The molecule has 0 aromatic rings. The van der Waals surface area contributed by atoms with Crippen LogP contribution in [0.25, 0.3) is 0 Å². The van der Waals surface area contributed by atoms with Crippen molar-refractivity contribution in [2.24, 2.45) is 0 Å². The summed E-state index contributed by atoms with van der Waals surface area (Å²) in [7, 11) is 0. The van der Waals surface area contributed by atoms with Crippen molar-refractivity contribution in [1.82, 2.24) is 10.2 Å². The number of rotatable bonds is 6. The lowest BCUT2D eigenvalue weighted by atomic mass is 9.97. The topological polar surface area (TPSA) is 52.6 Å². The molecule has 1 aliphatic heterocycles.